The molecule has 0 unspecified atom stereocenters. The van der Waals surface area contributed by atoms with Crippen molar-refractivity contribution < 1.29 is 9.18 Å². The van der Waals surface area contributed by atoms with Crippen molar-refractivity contribution in [2.24, 2.45) is 7.05 Å². The van der Waals surface area contributed by atoms with Crippen molar-refractivity contribution in [3.05, 3.63) is 65.5 Å². The zero-order valence-corrected chi connectivity index (χ0v) is 17.2. The number of aryl methyl sites for hydroxylation is 1. The molecule has 0 saturated carbocycles. The summed E-state index contributed by atoms with van der Waals surface area (Å²) in [4.78, 5) is 12.8. The molecule has 5 nitrogen and oxygen atoms in total. The lowest BCUT2D eigenvalue weighted by Gasteiger charge is -2.27. The first-order valence-electron chi connectivity index (χ1n) is 9.73. The molecule has 29 heavy (non-hydrogen) atoms. The highest BCUT2D eigenvalue weighted by Crippen LogP contribution is 2.31. The van der Waals surface area contributed by atoms with Crippen molar-refractivity contribution >= 4 is 17.7 Å². The van der Waals surface area contributed by atoms with Crippen LogP contribution in [0.4, 0.5) is 4.39 Å². The van der Waals surface area contributed by atoms with Crippen LogP contribution in [0.2, 0.25) is 0 Å². The van der Waals surface area contributed by atoms with Crippen LogP contribution in [-0.4, -0.2) is 25.9 Å². The highest BCUT2D eigenvalue weighted by Gasteiger charge is 2.25. The number of amides is 1. The van der Waals surface area contributed by atoms with E-state index in [1.165, 1.54) is 35.0 Å². The fourth-order valence-electron chi connectivity index (χ4n) is 3.67. The number of aromatic nitrogens is 3. The number of thioether (sulfide) groups is 1. The summed E-state index contributed by atoms with van der Waals surface area (Å²) in [6.45, 7) is 1.88. The molecule has 7 heteroatoms. The molecule has 0 bridgehead atoms. The minimum Gasteiger partial charge on any atom is -0.348 e. The van der Waals surface area contributed by atoms with Gasteiger partial charge in [-0.2, -0.15) is 0 Å². The Kier molecular flexibility index (Phi) is 5.67. The van der Waals surface area contributed by atoms with E-state index in [2.05, 4.69) is 27.6 Å². The molecule has 1 aliphatic rings. The quantitative estimate of drug-likeness (QED) is 0.638. The zero-order chi connectivity index (χ0) is 20.4. The van der Waals surface area contributed by atoms with E-state index < -0.39 is 0 Å². The molecule has 1 N–H and O–H groups in total. The van der Waals surface area contributed by atoms with Gasteiger partial charge in [-0.1, -0.05) is 36.0 Å². The molecule has 0 radical (unpaired) electrons. The second-order valence-corrected chi connectivity index (χ2v) is 8.59. The van der Waals surface area contributed by atoms with Crippen molar-refractivity contribution in [1.29, 1.82) is 0 Å². The van der Waals surface area contributed by atoms with Gasteiger partial charge in [0.05, 0.1) is 11.3 Å². The SMILES string of the molecule is C[C@@H](Sc1nnc(-c2ccc(F)cc2)n1C)C(=O)N[C@H]1CCCc2ccccc21. The number of carbonyl (C=O) groups excluding carboxylic acids is 1. The fraction of sp³-hybridized carbons (Fsp3) is 0.318. The number of fused-ring (bicyclic) bond motifs is 1. The third kappa shape index (κ3) is 4.19. The standard InChI is InChI=1S/C22H23FN4OS/c1-14(21(28)24-19-9-5-7-15-6-3-4-8-18(15)19)29-22-26-25-20(27(22)2)16-10-12-17(23)13-11-16/h3-4,6,8,10-14,19H,5,7,9H2,1-2H3,(H,24,28)/t14-,19+/m1/s1. The molecule has 1 amide bonds. The average Bonchev–Trinajstić information content (AvgIpc) is 3.09. The first-order chi connectivity index (χ1) is 14.0. The number of rotatable bonds is 5. The first-order valence-corrected chi connectivity index (χ1v) is 10.6. The van der Waals surface area contributed by atoms with Gasteiger partial charge in [-0.05, 0) is 61.6 Å². The third-order valence-corrected chi connectivity index (χ3v) is 6.41. The summed E-state index contributed by atoms with van der Waals surface area (Å²) in [5.41, 5.74) is 3.33. The zero-order valence-electron chi connectivity index (χ0n) is 16.4. The fourth-order valence-corrected chi connectivity index (χ4v) is 4.50. The van der Waals surface area contributed by atoms with E-state index >= 15 is 0 Å². The Morgan fingerprint density at radius 1 is 1.21 bits per heavy atom. The van der Waals surface area contributed by atoms with Crippen LogP contribution in [0.5, 0.6) is 0 Å². The predicted molar refractivity (Wildman–Crippen MR) is 112 cm³/mol. The van der Waals surface area contributed by atoms with Crippen LogP contribution in [0.25, 0.3) is 11.4 Å². The van der Waals surface area contributed by atoms with E-state index in [0.717, 1.165) is 24.8 Å². The average molecular weight is 411 g/mol. The third-order valence-electron chi connectivity index (χ3n) is 5.27. The summed E-state index contributed by atoms with van der Waals surface area (Å²) < 4.78 is 15.0. The predicted octanol–water partition coefficient (Wildman–Crippen LogP) is 4.30. The van der Waals surface area contributed by atoms with Gasteiger partial charge >= 0.3 is 0 Å². The van der Waals surface area contributed by atoms with Gasteiger partial charge in [0.15, 0.2) is 11.0 Å². The Bertz CT molecular complexity index is 1020. The van der Waals surface area contributed by atoms with Gasteiger partial charge in [-0.3, -0.25) is 4.79 Å². The van der Waals surface area contributed by atoms with Crippen LogP contribution in [0.1, 0.15) is 36.9 Å². The van der Waals surface area contributed by atoms with Crippen molar-refractivity contribution in [3.8, 4) is 11.4 Å². The highest BCUT2D eigenvalue weighted by molar-refractivity contribution is 8.00. The molecule has 0 aliphatic heterocycles. The van der Waals surface area contributed by atoms with Crippen LogP contribution < -0.4 is 5.32 Å². The van der Waals surface area contributed by atoms with Gasteiger partial charge in [-0.15, -0.1) is 10.2 Å². The molecule has 0 spiro atoms. The minimum absolute atomic E-state index is 0.0111. The summed E-state index contributed by atoms with van der Waals surface area (Å²) >= 11 is 1.37. The highest BCUT2D eigenvalue weighted by atomic mass is 32.2. The number of nitrogens with one attached hydrogen (secondary N) is 1. The molecule has 4 rings (SSSR count). The van der Waals surface area contributed by atoms with Crippen LogP contribution >= 0.6 is 11.8 Å². The topological polar surface area (TPSA) is 59.8 Å². The minimum atomic E-state index is -0.312. The Balaban J connectivity index is 1.44. The second kappa shape index (κ2) is 8.37. The summed E-state index contributed by atoms with van der Waals surface area (Å²) in [5.74, 6) is 0.337. The summed E-state index contributed by atoms with van der Waals surface area (Å²) in [7, 11) is 1.85. The maximum atomic E-state index is 13.2. The summed E-state index contributed by atoms with van der Waals surface area (Å²) in [6.07, 6.45) is 3.10. The van der Waals surface area contributed by atoms with Crippen LogP contribution in [0, 0.1) is 5.82 Å². The lowest BCUT2D eigenvalue weighted by atomic mass is 9.88. The first kappa shape index (κ1) is 19.6. The number of hydrogen-bond acceptors (Lipinski definition) is 4. The van der Waals surface area contributed by atoms with Crippen molar-refractivity contribution in [2.75, 3.05) is 0 Å². The molecule has 3 aromatic rings. The van der Waals surface area contributed by atoms with Gasteiger partial charge < -0.3 is 9.88 Å². The number of nitrogens with zero attached hydrogens (tertiary/aromatic N) is 3. The van der Waals surface area contributed by atoms with Gasteiger partial charge in [0.2, 0.25) is 5.91 Å². The number of hydrogen-bond donors (Lipinski definition) is 1. The smallest absolute Gasteiger partial charge is 0.233 e. The summed E-state index contributed by atoms with van der Waals surface area (Å²) in [5, 5.41) is 12.0. The molecule has 2 aromatic carbocycles. The van der Waals surface area contributed by atoms with Crippen molar-refractivity contribution in [3.63, 3.8) is 0 Å². The Morgan fingerprint density at radius 3 is 2.76 bits per heavy atom. The monoisotopic (exact) mass is 410 g/mol. The van der Waals surface area contributed by atoms with E-state index in [1.54, 1.807) is 12.1 Å². The van der Waals surface area contributed by atoms with E-state index in [9.17, 15) is 9.18 Å². The number of carbonyl (C=O) groups is 1. The molecule has 0 saturated heterocycles. The normalized spacial score (nSPS) is 16.9. The molecule has 150 valence electrons. The van der Waals surface area contributed by atoms with Crippen LogP contribution in [-0.2, 0) is 18.3 Å². The van der Waals surface area contributed by atoms with Gasteiger partial charge in [0, 0.05) is 12.6 Å². The van der Waals surface area contributed by atoms with E-state index in [1.807, 2.05) is 30.7 Å². The maximum absolute atomic E-state index is 13.2. The van der Waals surface area contributed by atoms with Gasteiger partial charge in [0.1, 0.15) is 5.82 Å². The maximum Gasteiger partial charge on any atom is 0.233 e. The lowest BCUT2D eigenvalue weighted by Crippen LogP contribution is -2.36. The van der Waals surface area contributed by atoms with Gasteiger partial charge in [-0.25, -0.2) is 4.39 Å². The molecule has 0 fully saturated rings. The van der Waals surface area contributed by atoms with Crippen LogP contribution in [0.15, 0.2) is 53.7 Å². The lowest BCUT2D eigenvalue weighted by molar-refractivity contribution is -0.121. The number of halogens is 1. The molecular formula is C22H23FN4OS. The van der Waals surface area contributed by atoms with Gasteiger partial charge in [0.25, 0.3) is 0 Å². The van der Waals surface area contributed by atoms with E-state index in [4.69, 9.17) is 0 Å². The summed E-state index contributed by atoms with van der Waals surface area (Å²) in [6, 6.07) is 14.5. The second-order valence-electron chi connectivity index (χ2n) is 7.28. The molecule has 1 aliphatic carbocycles. The van der Waals surface area contributed by atoms with Crippen LogP contribution in [0.3, 0.4) is 0 Å². The Hall–Kier alpha value is -2.67. The molecule has 1 aromatic heterocycles. The van der Waals surface area contributed by atoms with E-state index in [0.29, 0.717) is 11.0 Å². The molecule has 2 atom stereocenters. The molecule has 1 heterocycles. The number of benzene rings is 2. The Labute approximate surface area is 173 Å². The van der Waals surface area contributed by atoms with Crippen molar-refractivity contribution in [1.82, 2.24) is 20.1 Å². The van der Waals surface area contributed by atoms with E-state index in [-0.39, 0.29) is 23.0 Å². The van der Waals surface area contributed by atoms with Crippen molar-refractivity contribution in [2.45, 2.75) is 42.6 Å². The molecular weight excluding hydrogens is 387 g/mol. The largest absolute Gasteiger partial charge is 0.348 e. The Morgan fingerprint density at radius 2 is 1.97 bits per heavy atom.